The number of halogens is 1. The van der Waals surface area contributed by atoms with E-state index >= 15 is 0 Å². The van der Waals surface area contributed by atoms with Crippen molar-refractivity contribution in [2.75, 3.05) is 0 Å². The smallest absolute Gasteiger partial charge is 0.195 e. The Balaban J connectivity index is 0. The molecule has 2 nitrogen and oxygen atoms in total. The molecule has 1 aromatic rings. The second kappa shape index (κ2) is 13.2. The van der Waals surface area contributed by atoms with Gasteiger partial charge in [-0.25, -0.2) is 0 Å². The molecule has 1 heterocycles. The van der Waals surface area contributed by atoms with E-state index < -0.39 is 0 Å². The molecule has 17 heavy (non-hydrogen) atoms. The maximum atomic E-state index is 5.46. The Morgan fingerprint density at radius 2 is 1.76 bits per heavy atom. The minimum atomic E-state index is 0.486. The summed E-state index contributed by atoms with van der Waals surface area (Å²) in [4.78, 5) is 0. The molecule has 0 saturated carbocycles. The number of nitrogens with two attached hydrogens (primary N) is 1. The van der Waals surface area contributed by atoms with Gasteiger partial charge in [0.05, 0.1) is 6.26 Å². The molecule has 0 unspecified atom stereocenters. The zero-order valence-corrected chi connectivity index (χ0v) is 12.3. The van der Waals surface area contributed by atoms with Crippen LogP contribution in [0.25, 0.3) is 0 Å². The molecular formula is C14H26ClNO. The van der Waals surface area contributed by atoms with Gasteiger partial charge >= 0.3 is 0 Å². The van der Waals surface area contributed by atoms with Crippen LogP contribution in [0.1, 0.15) is 45.6 Å². The Bertz CT molecular complexity index is 245. The molecule has 0 amide bonds. The average molecular weight is 260 g/mol. The molecule has 0 radical (unpaired) electrons. The highest BCUT2D eigenvalue weighted by Crippen LogP contribution is 2.13. The molecule has 0 atom stereocenters. The number of furan rings is 1. The molecule has 0 spiro atoms. The number of aryl methyl sites for hydroxylation is 1. The summed E-state index contributed by atoms with van der Waals surface area (Å²) in [7, 11) is 0. The van der Waals surface area contributed by atoms with Gasteiger partial charge in [-0.2, -0.15) is 0 Å². The van der Waals surface area contributed by atoms with Crippen molar-refractivity contribution in [2.45, 2.75) is 47.0 Å². The van der Waals surface area contributed by atoms with Crippen molar-refractivity contribution in [3.63, 3.8) is 0 Å². The van der Waals surface area contributed by atoms with Crippen molar-refractivity contribution in [3.05, 3.63) is 35.9 Å². The number of hydrogen-bond donors (Lipinski definition) is 1. The predicted molar refractivity (Wildman–Crippen MR) is 77.2 cm³/mol. The van der Waals surface area contributed by atoms with Gasteiger partial charge in [0.1, 0.15) is 0 Å². The molecule has 0 aliphatic carbocycles. The van der Waals surface area contributed by atoms with Crippen molar-refractivity contribution in [1.29, 1.82) is 0 Å². The third kappa shape index (κ3) is 11.4. The lowest BCUT2D eigenvalue weighted by Gasteiger charge is -2.05. The van der Waals surface area contributed by atoms with Crippen LogP contribution in [0, 0.1) is 12.8 Å². The Morgan fingerprint density at radius 1 is 1.35 bits per heavy atom. The van der Waals surface area contributed by atoms with E-state index in [9.17, 15) is 0 Å². The van der Waals surface area contributed by atoms with Gasteiger partial charge < -0.3 is 10.2 Å². The molecule has 2 N–H and O–H groups in total. The lowest BCUT2D eigenvalue weighted by atomic mass is 10.0. The van der Waals surface area contributed by atoms with Crippen LogP contribution in [0.2, 0.25) is 5.22 Å². The number of hydrogen-bond acceptors (Lipinski definition) is 2. The van der Waals surface area contributed by atoms with Gasteiger partial charge in [-0.15, -0.1) is 0 Å². The second-order valence-electron chi connectivity index (χ2n) is 3.70. The fourth-order valence-corrected chi connectivity index (χ4v) is 1.33. The van der Waals surface area contributed by atoms with Gasteiger partial charge in [-0.3, -0.25) is 0 Å². The topological polar surface area (TPSA) is 39.2 Å². The van der Waals surface area contributed by atoms with Crippen LogP contribution in [0.5, 0.6) is 0 Å². The Morgan fingerprint density at radius 3 is 1.82 bits per heavy atom. The first-order valence-electron chi connectivity index (χ1n) is 6.09. The molecule has 0 fully saturated rings. The van der Waals surface area contributed by atoms with Gasteiger partial charge in [-0.05, 0) is 36.7 Å². The van der Waals surface area contributed by atoms with Crippen LogP contribution in [0.4, 0.5) is 0 Å². The zero-order chi connectivity index (χ0) is 13.7. The lowest BCUT2D eigenvalue weighted by Crippen LogP contribution is -1.91. The SMILES string of the molecule is C=CN.CCC(CC)CC.Cc1ccoc1Cl. The van der Waals surface area contributed by atoms with E-state index in [-0.39, 0.29) is 0 Å². The maximum absolute atomic E-state index is 5.46. The van der Waals surface area contributed by atoms with Crippen LogP contribution >= 0.6 is 11.6 Å². The molecule has 100 valence electrons. The standard InChI is InChI=1S/C7H16.C5H5ClO.C2H5N/c1-4-7(5-2)6-3;1-4-2-3-7-5(4)6;1-2-3/h7H,4-6H2,1-3H3;2-3H,1H3;2H,1,3H2. The van der Waals surface area contributed by atoms with Crippen molar-refractivity contribution >= 4 is 11.6 Å². The van der Waals surface area contributed by atoms with Crippen LogP contribution in [0.15, 0.2) is 29.5 Å². The second-order valence-corrected chi connectivity index (χ2v) is 4.05. The van der Waals surface area contributed by atoms with E-state index in [1.807, 2.05) is 13.0 Å². The third-order valence-electron chi connectivity index (χ3n) is 2.53. The summed E-state index contributed by atoms with van der Waals surface area (Å²) >= 11 is 5.46. The van der Waals surface area contributed by atoms with Crippen molar-refractivity contribution in [2.24, 2.45) is 11.7 Å². The predicted octanol–water partition coefficient (Wildman–Crippen LogP) is 5.16. The van der Waals surface area contributed by atoms with Crippen LogP contribution < -0.4 is 5.73 Å². The summed E-state index contributed by atoms with van der Waals surface area (Å²) in [5.74, 6) is 0.986. The molecule has 0 aliphatic heterocycles. The maximum Gasteiger partial charge on any atom is 0.195 e. The van der Waals surface area contributed by atoms with Crippen molar-refractivity contribution in [3.8, 4) is 0 Å². The highest BCUT2D eigenvalue weighted by atomic mass is 35.5. The van der Waals surface area contributed by atoms with Gasteiger partial charge in [-0.1, -0.05) is 46.6 Å². The normalized spacial score (nSPS) is 8.82. The molecule has 0 aliphatic rings. The van der Waals surface area contributed by atoms with E-state index in [4.69, 9.17) is 16.0 Å². The van der Waals surface area contributed by atoms with Crippen LogP contribution in [-0.2, 0) is 0 Å². The Labute approximate surface area is 111 Å². The quantitative estimate of drug-likeness (QED) is 0.814. The minimum Gasteiger partial charge on any atom is -0.453 e. The number of rotatable bonds is 3. The average Bonchev–Trinajstić information content (AvgIpc) is 2.68. The molecule has 0 bridgehead atoms. The summed E-state index contributed by atoms with van der Waals surface area (Å²) in [5.41, 5.74) is 5.60. The zero-order valence-electron chi connectivity index (χ0n) is 11.5. The molecule has 1 aromatic heterocycles. The van der Waals surface area contributed by atoms with Crippen LogP contribution in [0.3, 0.4) is 0 Å². The molecule has 3 heteroatoms. The fourth-order valence-electron chi connectivity index (χ4n) is 1.22. The monoisotopic (exact) mass is 259 g/mol. The lowest BCUT2D eigenvalue weighted by molar-refractivity contribution is 0.477. The third-order valence-corrected chi connectivity index (χ3v) is 2.92. The van der Waals surface area contributed by atoms with Gasteiger partial charge in [0.25, 0.3) is 0 Å². The van der Waals surface area contributed by atoms with Crippen LogP contribution in [-0.4, -0.2) is 0 Å². The van der Waals surface area contributed by atoms with E-state index in [2.05, 4.69) is 33.1 Å². The molecule has 0 saturated heterocycles. The first kappa shape index (κ1) is 18.5. The first-order valence-corrected chi connectivity index (χ1v) is 6.47. The summed E-state index contributed by atoms with van der Waals surface area (Å²) in [5, 5.41) is 0.486. The van der Waals surface area contributed by atoms with Gasteiger partial charge in [0.15, 0.2) is 5.22 Å². The van der Waals surface area contributed by atoms with Crippen molar-refractivity contribution < 1.29 is 4.42 Å². The fraction of sp³-hybridized carbons (Fsp3) is 0.571. The van der Waals surface area contributed by atoms with E-state index in [0.717, 1.165) is 11.5 Å². The Hall–Kier alpha value is -0.890. The Kier molecular flexibility index (Phi) is 14.3. The van der Waals surface area contributed by atoms with E-state index in [1.165, 1.54) is 25.5 Å². The van der Waals surface area contributed by atoms with Gasteiger partial charge in [0.2, 0.25) is 0 Å². The minimum absolute atomic E-state index is 0.486. The van der Waals surface area contributed by atoms with E-state index in [1.54, 1.807) is 6.26 Å². The molecular weight excluding hydrogens is 234 g/mol. The molecule has 1 rings (SSSR count). The highest BCUT2D eigenvalue weighted by Gasteiger charge is 1.95. The summed E-state index contributed by atoms with van der Waals surface area (Å²) in [6, 6.07) is 1.82. The summed E-state index contributed by atoms with van der Waals surface area (Å²) in [6.45, 7) is 11.8. The van der Waals surface area contributed by atoms with Crippen molar-refractivity contribution in [1.82, 2.24) is 0 Å². The largest absolute Gasteiger partial charge is 0.453 e. The summed E-state index contributed by atoms with van der Waals surface area (Å²) < 4.78 is 4.73. The highest BCUT2D eigenvalue weighted by molar-refractivity contribution is 6.29. The molecule has 0 aromatic carbocycles. The first-order chi connectivity index (χ1) is 8.06. The van der Waals surface area contributed by atoms with Gasteiger partial charge in [0, 0.05) is 5.56 Å². The van der Waals surface area contributed by atoms with E-state index in [0.29, 0.717) is 5.22 Å². The summed E-state index contributed by atoms with van der Waals surface area (Å²) in [6.07, 6.45) is 6.88.